The summed E-state index contributed by atoms with van der Waals surface area (Å²) in [5, 5.41) is 2.15. The highest BCUT2D eigenvalue weighted by molar-refractivity contribution is 7.09. The Labute approximate surface area is 190 Å². The number of carbonyl (C=O) groups is 1. The number of nitrogens with zero attached hydrogens (tertiary/aromatic N) is 2. The first kappa shape index (κ1) is 21.8. The Morgan fingerprint density at radius 2 is 1.77 bits per heavy atom. The molecule has 1 saturated heterocycles. The van der Waals surface area contributed by atoms with E-state index in [9.17, 15) is 4.79 Å². The van der Waals surface area contributed by atoms with E-state index in [1.807, 2.05) is 41.7 Å². The van der Waals surface area contributed by atoms with E-state index < -0.39 is 0 Å². The van der Waals surface area contributed by atoms with Gasteiger partial charge in [0.1, 0.15) is 0 Å². The van der Waals surface area contributed by atoms with E-state index in [4.69, 9.17) is 0 Å². The maximum atomic E-state index is 13.3. The predicted molar refractivity (Wildman–Crippen MR) is 130 cm³/mol. The molecule has 2 heterocycles. The second kappa shape index (κ2) is 9.80. The van der Waals surface area contributed by atoms with Crippen molar-refractivity contribution >= 4 is 17.2 Å². The lowest BCUT2D eigenvalue weighted by atomic mass is 9.88. The van der Waals surface area contributed by atoms with Crippen LogP contribution in [0.25, 0.3) is 0 Å². The van der Waals surface area contributed by atoms with Gasteiger partial charge in [-0.3, -0.25) is 9.69 Å². The van der Waals surface area contributed by atoms with Gasteiger partial charge in [-0.05, 0) is 55.8 Å². The normalized spacial score (nSPS) is 19.1. The zero-order chi connectivity index (χ0) is 21.8. The highest BCUT2D eigenvalue weighted by Crippen LogP contribution is 2.35. The van der Waals surface area contributed by atoms with E-state index in [2.05, 4.69) is 72.3 Å². The Morgan fingerprint density at radius 3 is 2.42 bits per heavy atom. The third-order valence-corrected chi connectivity index (χ3v) is 7.18. The minimum atomic E-state index is 0.134. The highest BCUT2D eigenvalue weighted by Gasteiger charge is 2.36. The van der Waals surface area contributed by atoms with Gasteiger partial charge in [-0.1, -0.05) is 54.1 Å². The predicted octanol–water partition coefficient (Wildman–Crippen LogP) is 5.82. The van der Waals surface area contributed by atoms with Gasteiger partial charge in [0, 0.05) is 48.6 Å². The summed E-state index contributed by atoms with van der Waals surface area (Å²) in [7, 11) is 0. The summed E-state index contributed by atoms with van der Waals surface area (Å²) in [6.07, 6.45) is 0. The average molecular weight is 433 g/mol. The van der Waals surface area contributed by atoms with Crippen molar-refractivity contribution in [3.63, 3.8) is 0 Å². The molecule has 2 atom stereocenters. The van der Waals surface area contributed by atoms with Gasteiger partial charge in [-0.15, -0.1) is 11.3 Å². The van der Waals surface area contributed by atoms with Crippen molar-refractivity contribution < 1.29 is 4.79 Å². The molecule has 2 aromatic carbocycles. The molecule has 1 aliphatic rings. The van der Waals surface area contributed by atoms with Crippen molar-refractivity contribution in [3.8, 4) is 0 Å². The smallest absolute Gasteiger partial charge is 0.254 e. The summed E-state index contributed by atoms with van der Waals surface area (Å²) >= 11 is 1.82. The number of hydrogen-bond donors (Lipinski definition) is 0. The molecule has 0 radical (unpaired) electrons. The van der Waals surface area contributed by atoms with E-state index in [1.54, 1.807) is 0 Å². The second-order valence-corrected chi connectivity index (χ2v) is 10.0. The van der Waals surface area contributed by atoms with Crippen LogP contribution >= 0.6 is 11.3 Å². The van der Waals surface area contributed by atoms with E-state index in [-0.39, 0.29) is 11.9 Å². The van der Waals surface area contributed by atoms with Crippen LogP contribution in [0.1, 0.15) is 46.1 Å². The fourth-order valence-corrected chi connectivity index (χ4v) is 5.36. The van der Waals surface area contributed by atoms with Crippen LogP contribution in [0.3, 0.4) is 0 Å². The summed E-state index contributed by atoms with van der Waals surface area (Å²) in [4.78, 5) is 19.3. The molecule has 1 aliphatic heterocycles. The van der Waals surface area contributed by atoms with Crippen molar-refractivity contribution in [3.05, 3.63) is 93.7 Å². The molecule has 0 bridgehead atoms. The van der Waals surface area contributed by atoms with Gasteiger partial charge in [0.05, 0.1) is 0 Å². The third-order valence-electron chi connectivity index (χ3n) is 6.32. The third kappa shape index (κ3) is 5.25. The van der Waals surface area contributed by atoms with Crippen LogP contribution in [0.15, 0.2) is 72.1 Å². The Bertz CT molecular complexity index is 966. The first-order valence-electron chi connectivity index (χ1n) is 11.2. The average Bonchev–Trinajstić information content (AvgIpc) is 3.43. The first-order valence-corrected chi connectivity index (χ1v) is 12.1. The summed E-state index contributed by atoms with van der Waals surface area (Å²) < 4.78 is 0. The SMILES string of the molecule is Cc1ccc(C2CN(Cc3cccs3)CC2CN(C(=O)c2ccccc2)C(C)C)cc1. The highest BCUT2D eigenvalue weighted by atomic mass is 32.1. The Kier molecular flexibility index (Phi) is 6.89. The number of thiophene rings is 1. The van der Waals surface area contributed by atoms with Crippen molar-refractivity contribution in [2.45, 2.75) is 39.3 Å². The maximum absolute atomic E-state index is 13.3. The van der Waals surface area contributed by atoms with Crippen LogP contribution in [0, 0.1) is 12.8 Å². The molecule has 4 rings (SSSR count). The van der Waals surface area contributed by atoms with Crippen LogP contribution in [0.4, 0.5) is 0 Å². The fourth-order valence-electron chi connectivity index (χ4n) is 4.62. The number of hydrogen-bond acceptors (Lipinski definition) is 3. The van der Waals surface area contributed by atoms with Crippen LogP contribution in [0.2, 0.25) is 0 Å². The molecule has 2 unspecified atom stereocenters. The Hall–Kier alpha value is -2.43. The Balaban J connectivity index is 1.57. The molecule has 1 aromatic heterocycles. The minimum Gasteiger partial charge on any atom is -0.336 e. The van der Waals surface area contributed by atoms with Crippen molar-refractivity contribution in [1.82, 2.24) is 9.80 Å². The summed E-state index contributed by atoms with van der Waals surface area (Å²) in [5.74, 6) is 0.984. The van der Waals surface area contributed by atoms with Crippen molar-refractivity contribution in [2.24, 2.45) is 5.92 Å². The summed E-state index contributed by atoms with van der Waals surface area (Å²) in [5.41, 5.74) is 3.45. The van der Waals surface area contributed by atoms with Crippen LogP contribution in [0.5, 0.6) is 0 Å². The van der Waals surface area contributed by atoms with E-state index in [0.29, 0.717) is 11.8 Å². The summed E-state index contributed by atoms with van der Waals surface area (Å²) in [6, 6.07) is 23.2. The van der Waals surface area contributed by atoms with Gasteiger partial charge < -0.3 is 4.90 Å². The largest absolute Gasteiger partial charge is 0.336 e. The Morgan fingerprint density at radius 1 is 1.03 bits per heavy atom. The zero-order valence-corrected chi connectivity index (χ0v) is 19.5. The molecule has 0 saturated carbocycles. The van der Waals surface area contributed by atoms with Gasteiger partial charge in [0.15, 0.2) is 0 Å². The van der Waals surface area contributed by atoms with E-state index in [1.165, 1.54) is 16.0 Å². The van der Waals surface area contributed by atoms with Crippen molar-refractivity contribution in [1.29, 1.82) is 0 Å². The number of rotatable bonds is 7. The lowest BCUT2D eigenvalue weighted by Crippen LogP contribution is -2.42. The van der Waals surface area contributed by atoms with Crippen LogP contribution in [-0.4, -0.2) is 41.4 Å². The monoisotopic (exact) mass is 432 g/mol. The topological polar surface area (TPSA) is 23.6 Å². The van der Waals surface area contributed by atoms with Crippen LogP contribution in [-0.2, 0) is 6.54 Å². The number of likely N-dealkylation sites (tertiary alicyclic amines) is 1. The molecule has 3 aromatic rings. The first-order chi connectivity index (χ1) is 15.0. The molecule has 0 N–H and O–H groups in total. The quantitative estimate of drug-likeness (QED) is 0.469. The molecule has 0 spiro atoms. The van der Waals surface area contributed by atoms with Gasteiger partial charge in [-0.25, -0.2) is 0 Å². The number of benzene rings is 2. The number of carbonyl (C=O) groups excluding carboxylic acids is 1. The fraction of sp³-hybridized carbons (Fsp3) is 0.370. The van der Waals surface area contributed by atoms with Gasteiger partial charge in [0.25, 0.3) is 5.91 Å². The lowest BCUT2D eigenvalue weighted by Gasteiger charge is -2.32. The van der Waals surface area contributed by atoms with Crippen molar-refractivity contribution in [2.75, 3.05) is 19.6 Å². The second-order valence-electron chi connectivity index (χ2n) is 8.97. The number of amides is 1. The van der Waals surface area contributed by atoms with Gasteiger partial charge in [-0.2, -0.15) is 0 Å². The van der Waals surface area contributed by atoms with Gasteiger partial charge >= 0.3 is 0 Å². The molecular weight excluding hydrogens is 400 g/mol. The molecule has 3 nitrogen and oxygen atoms in total. The minimum absolute atomic E-state index is 0.134. The molecule has 31 heavy (non-hydrogen) atoms. The van der Waals surface area contributed by atoms with Gasteiger partial charge in [0.2, 0.25) is 0 Å². The van der Waals surface area contributed by atoms with E-state index >= 15 is 0 Å². The number of aryl methyl sites for hydroxylation is 1. The maximum Gasteiger partial charge on any atom is 0.254 e. The molecule has 1 fully saturated rings. The molecule has 1 amide bonds. The molecular formula is C27H32N2OS. The standard InChI is InChI=1S/C27H32N2OS/c1-20(2)29(27(30)23-8-5-4-6-9-23)17-24-16-28(18-25-10-7-15-31-25)19-26(24)22-13-11-21(3)12-14-22/h4-15,20,24,26H,16-19H2,1-3H3. The molecule has 4 heteroatoms. The van der Waals surface area contributed by atoms with Crippen LogP contribution < -0.4 is 0 Å². The van der Waals surface area contributed by atoms with E-state index in [0.717, 1.165) is 31.7 Å². The lowest BCUT2D eigenvalue weighted by molar-refractivity contribution is 0.0668. The summed E-state index contributed by atoms with van der Waals surface area (Å²) in [6.45, 7) is 10.2. The zero-order valence-electron chi connectivity index (χ0n) is 18.7. The molecule has 0 aliphatic carbocycles. The molecule has 162 valence electrons.